The van der Waals surface area contributed by atoms with E-state index in [1.165, 1.54) is 0 Å². The third-order valence-electron chi connectivity index (χ3n) is 4.21. The van der Waals surface area contributed by atoms with Gasteiger partial charge in [-0.05, 0) is 35.4 Å². The smallest absolute Gasteiger partial charge is 0.252 e. The molecule has 0 radical (unpaired) electrons. The molecule has 0 fully saturated rings. The summed E-state index contributed by atoms with van der Waals surface area (Å²) in [6.07, 6.45) is 0. The first-order valence-electron chi connectivity index (χ1n) is 8.97. The van der Waals surface area contributed by atoms with Crippen molar-refractivity contribution in [3.8, 4) is 0 Å². The Morgan fingerprint density at radius 3 is 2.25 bits per heavy atom. The van der Waals surface area contributed by atoms with Gasteiger partial charge in [-0.15, -0.1) is 0 Å². The lowest BCUT2D eigenvalue weighted by Gasteiger charge is -2.19. The van der Waals surface area contributed by atoms with Crippen molar-refractivity contribution in [2.45, 2.75) is 12.6 Å². The summed E-state index contributed by atoms with van der Waals surface area (Å²) in [5.41, 5.74) is 2.80. The second kappa shape index (κ2) is 9.48. The van der Waals surface area contributed by atoms with E-state index in [0.717, 1.165) is 5.56 Å². The highest BCUT2D eigenvalue weighted by Gasteiger charge is 2.23. The summed E-state index contributed by atoms with van der Waals surface area (Å²) >= 11 is 0. The van der Waals surface area contributed by atoms with Crippen LogP contribution in [0, 0.1) is 0 Å². The zero-order valence-electron chi connectivity index (χ0n) is 15.6. The third kappa shape index (κ3) is 5.05. The van der Waals surface area contributed by atoms with Gasteiger partial charge in [0.05, 0.1) is 6.61 Å². The number of carbonyl (C=O) groups is 2. The van der Waals surface area contributed by atoms with Crippen molar-refractivity contribution in [2.24, 2.45) is 0 Å². The predicted molar refractivity (Wildman–Crippen MR) is 109 cm³/mol. The predicted octanol–water partition coefficient (Wildman–Crippen LogP) is 3.94. The molecule has 3 rings (SSSR count). The van der Waals surface area contributed by atoms with Gasteiger partial charge in [-0.25, -0.2) is 0 Å². The van der Waals surface area contributed by atoms with Gasteiger partial charge in [-0.1, -0.05) is 60.7 Å². The first-order valence-corrected chi connectivity index (χ1v) is 8.97. The molecule has 142 valence electrons. The first kappa shape index (κ1) is 19.3. The Balaban J connectivity index is 1.81. The van der Waals surface area contributed by atoms with Crippen molar-refractivity contribution in [2.75, 3.05) is 12.4 Å². The van der Waals surface area contributed by atoms with E-state index in [2.05, 4.69) is 10.6 Å². The van der Waals surface area contributed by atoms with Crippen LogP contribution in [0.5, 0.6) is 0 Å². The molecule has 0 saturated heterocycles. The van der Waals surface area contributed by atoms with Crippen molar-refractivity contribution in [3.05, 3.63) is 102 Å². The van der Waals surface area contributed by atoms with E-state index in [9.17, 15) is 9.59 Å². The Labute approximate surface area is 164 Å². The molecule has 5 heteroatoms. The fourth-order valence-corrected chi connectivity index (χ4v) is 2.87. The normalized spacial score (nSPS) is 11.5. The second-order valence-corrected chi connectivity index (χ2v) is 6.31. The summed E-state index contributed by atoms with van der Waals surface area (Å²) in [7, 11) is 1.62. The van der Waals surface area contributed by atoms with Gasteiger partial charge in [0, 0.05) is 18.4 Å². The Hall–Kier alpha value is -3.44. The molecular formula is C23H22N2O3. The number of carbonyl (C=O) groups excluding carboxylic acids is 2. The lowest BCUT2D eigenvalue weighted by Crippen LogP contribution is -2.37. The van der Waals surface area contributed by atoms with E-state index in [1.54, 1.807) is 37.4 Å². The largest absolute Gasteiger partial charge is 0.380 e. The molecule has 0 heterocycles. The lowest BCUT2D eigenvalue weighted by molar-refractivity contribution is -0.118. The van der Waals surface area contributed by atoms with Gasteiger partial charge >= 0.3 is 0 Å². The van der Waals surface area contributed by atoms with Crippen LogP contribution in [0.4, 0.5) is 5.69 Å². The number of ether oxygens (including phenoxy) is 1. The highest BCUT2D eigenvalue weighted by molar-refractivity contribution is 6.01. The number of hydrogen-bond acceptors (Lipinski definition) is 3. The van der Waals surface area contributed by atoms with Gasteiger partial charge < -0.3 is 15.4 Å². The van der Waals surface area contributed by atoms with Crippen molar-refractivity contribution >= 4 is 17.5 Å². The number of hydrogen-bond donors (Lipinski definition) is 2. The minimum Gasteiger partial charge on any atom is -0.380 e. The fraction of sp³-hybridized carbons (Fsp3) is 0.130. The minimum atomic E-state index is -0.819. The molecule has 28 heavy (non-hydrogen) atoms. The second-order valence-electron chi connectivity index (χ2n) is 6.31. The van der Waals surface area contributed by atoms with Crippen molar-refractivity contribution < 1.29 is 14.3 Å². The Kier molecular flexibility index (Phi) is 6.54. The average Bonchev–Trinajstić information content (AvgIpc) is 2.73. The molecule has 0 aliphatic rings. The van der Waals surface area contributed by atoms with Crippen LogP contribution in [0.15, 0.2) is 84.9 Å². The highest BCUT2D eigenvalue weighted by atomic mass is 16.5. The van der Waals surface area contributed by atoms with Crippen molar-refractivity contribution in [1.29, 1.82) is 0 Å². The van der Waals surface area contributed by atoms with E-state index in [0.29, 0.717) is 23.4 Å². The molecule has 0 saturated carbocycles. The van der Waals surface area contributed by atoms with Crippen LogP contribution in [-0.4, -0.2) is 18.9 Å². The third-order valence-corrected chi connectivity index (χ3v) is 4.21. The maximum absolute atomic E-state index is 13.0. The van der Waals surface area contributed by atoms with Crippen LogP contribution in [0.2, 0.25) is 0 Å². The zero-order valence-corrected chi connectivity index (χ0v) is 15.6. The molecule has 0 spiro atoms. The van der Waals surface area contributed by atoms with E-state index < -0.39 is 6.04 Å². The van der Waals surface area contributed by atoms with E-state index >= 15 is 0 Å². The summed E-state index contributed by atoms with van der Waals surface area (Å²) in [6.45, 7) is 0.455. The van der Waals surface area contributed by atoms with Gasteiger partial charge in [0.2, 0.25) is 0 Å². The average molecular weight is 374 g/mol. The van der Waals surface area contributed by atoms with E-state index in [4.69, 9.17) is 4.74 Å². The topological polar surface area (TPSA) is 67.4 Å². The number of rotatable bonds is 7. The van der Waals surface area contributed by atoms with Crippen LogP contribution in [-0.2, 0) is 16.1 Å². The van der Waals surface area contributed by atoms with Crippen LogP contribution in [0.1, 0.15) is 27.5 Å². The van der Waals surface area contributed by atoms with Gasteiger partial charge in [0.1, 0.15) is 6.04 Å². The highest BCUT2D eigenvalue weighted by Crippen LogP contribution is 2.18. The SMILES string of the molecule is COCc1cccc(NC(=O)C(NC(=O)c2ccccc2)c2ccccc2)c1. The molecule has 2 amide bonds. The van der Waals surface area contributed by atoms with Gasteiger partial charge in [0.15, 0.2) is 0 Å². The minimum absolute atomic E-state index is 0.308. The molecule has 1 unspecified atom stereocenters. The fourth-order valence-electron chi connectivity index (χ4n) is 2.87. The Bertz CT molecular complexity index is 927. The number of benzene rings is 3. The monoisotopic (exact) mass is 374 g/mol. The summed E-state index contributed by atoms with van der Waals surface area (Å²) in [4.78, 5) is 25.6. The number of nitrogens with one attached hydrogen (secondary N) is 2. The van der Waals surface area contributed by atoms with E-state index in [1.807, 2.05) is 54.6 Å². The lowest BCUT2D eigenvalue weighted by atomic mass is 10.0. The molecule has 0 aliphatic heterocycles. The molecule has 2 N–H and O–H groups in total. The molecule has 5 nitrogen and oxygen atoms in total. The maximum atomic E-state index is 13.0. The standard InChI is InChI=1S/C23H22N2O3/c1-28-16-17-9-8-14-20(15-17)24-23(27)21(18-10-4-2-5-11-18)25-22(26)19-12-6-3-7-13-19/h2-15,21H,16H2,1H3,(H,24,27)(H,25,26). The van der Waals surface area contributed by atoms with Gasteiger partial charge in [-0.3, -0.25) is 9.59 Å². The Morgan fingerprint density at radius 2 is 1.57 bits per heavy atom. The molecule has 3 aromatic rings. The van der Waals surface area contributed by atoms with Crippen molar-refractivity contribution in [1.82, 2.24) is 5.32 Å². The molecule has 0 aromatic heterocycles. The quantitative estimate of drug-likeness (QED) is 0.658. The van der Waals surface area contributed by atoms with Crippen LogP contribution in [0.3, 0.4) is 0 Å². The van der Waals surface area contributed by atoms with Gasteiger partial charge in [-0.2, -0.15) is 0 Å². The maximum Gasteiger partial charge on any atom is 0.252 e. The molecule has 1 atom stereocenters. The summed E-state index contributed by atoms with van der Waals surface area (Å²) in [6, 6.07) is 24.6. The summed E-state index contributed by atoms with van der Waals surface area (Å²) < 4.78 is 5.14. The van der Waals surface area contributed by atoms with Gasteiger partial charge in [0.25, 0.3) is 11.8 Å². The first-order chi connectivity index (χ1) is 13.7. The number of methoxy groups -OCH3 is 1. The zero-order chi connectivity index (χ0) is 19.8. The van der Waals surface area contributed by atoms with E-state index in [-0.39, 0.29) is 11.8 Å². The molecule has 0 aliphatic carbocycles. The van der Waals surface area contributed by atoms with Crippen LogP contribution < -0.4 is 10.6 Å². The van der Waals surface area contributed by atoms with Crippen LogP contribution in [0.25, 0.3) is 0 Å². The van der Waals surface area contributed by atoms with Crippen molar-refractivity contribution in [3.63, 3.8) is 0 Å². The molecular weight excluding hydrogens is 352 g/mol. The molecule has 0 bridgehead atoms. The molecule has 3 aromatic carbocycles. The number of anilines is 1. The Morgan fingerprint density at radius 1 is 0.893 bits per heavy atom. The summed E-state index contributed by atoms with van der Waals surface area (Å²) in [5, 5.41) is 5.72. The number of amides is 2. The summed E-state index contributed by atoms with van der Waals surface area (Å²) in [5.74, 6) is -0.622. The van der Waals surface area contributed by atoms with Crippen LogP contribution >= 0.6 is 0 Å².